The van der Waals surface area contributed by atoms with Crippen LogP contribution in [0.5, 0.6) is 0 Å². The molecule has 0 aliphatic rings. The standard InChI is InChI=1S/C43H81N2O7P/c1-6-8-10-12-14-16-18-20-22-24-26-28-30-33-40(46)34-32-36-43(48)44-41(39-52-53(49,50)51-38-37-45(3,4)5)42(47)35-31-29-27-25-23-21-19-17-15-13-11-9-7-2/h20,22,26,28,30-31,33,35,40-42,46-47H,6-19,21,23-25,27,29,32,34,36-39H2,1-5H3,(H-,44,48,49,50)/p+1/b22-20+,28-26+,33-30+,35-31+/t40?,41-,42+/m0/s1. The Morgan fingerprint density at radius 1 is 0.698 bits per heavy atom. The molecule has 0 fully saturated rings. The van der Waals surface area contributed by atoms with E-state index in [0.29, 0.717) is 23.9 Å². The Hall–Kier alpha value is -1.58. The van der Waals surface area contributed by atoms with Crippen molar-refractivity contribution in [2.24, 2.45) is 0 Å². The topological polar surface area (TPSA) is 125 Å². The molecule has 1 amide bonds. The van der Waals surface area contributed by atoms with E-state index < -0.39 is 26.1 Å². The van der Waals surface area contributed by atoms with Crippen LogP contribution in [0.25, 0.3) is 0 Å². The lowest BCUT2D eigenvalue weighted by Gasteiger charge is -2.25. The van der Waals surface area contributed by atoms with Gasteiger partial charge in [-0.2, -0.15) is 0 Å². The fraction of sp³-hybridized carbons (Fsp3) is 0.791. The molecule has 4 atom stereocenters. The van der Waals surface area contributed by atoms with Crippen molar-refractivity contribution >= 4 is 13.7 Å². The Morgan fingerprint density at radius 2 is 1.25 bits per heavy atom. The predicted octanol–water partition coefficient (Wildman–Crippen LogP) is 10.3. The monoisotopic (exact) mass is 770 g/mol. The Balaban J connectivity index is 4.69. The summed E-state index contributed by atoms with van der Waals surface area (Å²) in [6.45, 7) is 4.63. The molecule has 0 aromatic rings. The molecule has 310 valence electrons. The molecule has 4 N–H and O–H groups in total. The van der Waals surface area contributed by atoms with Crippen molar-refractivity contribution in [3.05, 3.63) is 48.6 Å². The molecule has 0 heterocycles. The van der Waals surface area contributed by atoms with Crippen LogP contribution in [0.1, 0.15) is 162 Å². The van der Waals surface area contributed by atoms with Crippen LogP contribution in [0.2, 0.25) is 0 Å². The van der Waals surface area contributed by atoms with Crippen molar-refractivity contribution in [1.29, 1.82) is 0 Å². The summed E-state index contributed by atoms with van der Waals surface area (Å²) in [5.41, 5.74) is 0. The van der Waals surface area contributed by atoms with Gasteiger partial charge in [0.1, 0.15) is 13.2 Å². The Labute approximate surface area is 325 Å². The average Bonchev–Trinajstić information content (AvgIpc) is 3.09. The second kappa shape index (κ2) is 34.9. The summed E-state index contributed by atoms with van der Waals surface area (Å²) in [7, 11) is 1.45. The second-order valence-corrected chi connectivity index (χ2v) is 17.0. The predicted molar refractivity (Wildman–Crippen MR) is 223 cm³/mol. The highest BCUT2D eigenvalue weighted by Gasteiger charge is 2.27. The fourth-order valence-electron chi connectivity index (χ4n) is 5.70. The lowest BCUT2D eigenvalue weighted by Crippen LogP contribution is -2.45. The molecular weight excluding hydrogens is 687 g/mol. The van der Waals surface area contributed by atoms with Crippen molar-refractivity contribution in [2.45, 2.75) is 180 Å². The van der Waals surface area contributed by atoms with E-state index >= 15 is 0 Å². The van der Waals surface area contributed by atoms with Crippen LogP contribution < -0.4 is 5.32 Å². The smallest absolute Gasteiger partial charge is 0.389 e. The number of phosphoric acid groups is 1. The summed E-state index contributed by atoms with van der Waals surface area (Å²) in [6.07, 6.45) is 39.2. The summed E-state index contributed by atoms with van der Waals surface area (Å²) in [6, 6.07) is -0.937. The first-order chi connectivity index (χ1) is 25.4. The van der Waals surface area contributed by atoms with Crippen LogP contribution >= 0.6 is 7.82 Å². The first-order valence-corrected chi connectivity index (χ1v) is 22.6. The molecule has 0 radical (unpaired) electrons. The molecule has 0 saturated carbocycles. The number of phosphoric ester groups is 1. The van der Waals surface area contributed by atoms with Crippen LogP contribution in [0, 0.1) is 0 Å². The quantitative estimate of drug-likeness (QED) is 0.0163. The van der Waals surface area contributed by atoms with E-state index in [2.05, 4.69) is 37.4 Å². The maximum atomic E-state index is 12.8. The Kier molecular flexibility index (Phi) is 33.8. The molecule has 0 saturated heterocycles. The van der Waals surface area contributed by atoms with Crippen molar-refractivity contribution in [3.8, 4) is 0 Å². The summed E-state index contributed by atoms with van der Waals surface area (Å²) in [5.74, 6) is -0.334. The van der Waals surface area contributed by atoms with Crippen LogP contribution in [-0.4, -0.2) is 84.6 Å². The van der Waals surface area contributed by atoms with Gasteiger partial charge in [-0.25, -0.2) is 4.57 Å². The number of nitrogens with zero attached hydrogens (tertiary/aromatic N) is 1. The van der Waals surface area contributed by atoms with Gasteiger partial charge in [-0.1, -0.05) is 159 Å². The van der Waals surface area contributed by atoms with E-state index in [9.17, 15) is 24.5 Å². The molecular formula is C43H82N2O7P+. The molecule has 2 unspecified atom stereocenters. The number of carbonyl (C=O) groups is 1. The third-order valence-corrected chi connectivity index (χ3v) is 10.1. The van der Waals surface area contributed by atoms with E-state index in [1.807, 2.05) is 39.4 Å². The molecule has 0 spiro atoms. The number of carbonyl (C=O) groups excluding carboxylic acids is 1. The molecule has 0 aliphatic carbocycles. The largest absolute Gasteiger partial charge is 0.472 e. The third kappa shape index (κ3) is 37.1. The summed E-state index contributed by atoms with van der Waals surface area (Å²) in [5, 5.41) is 24.0. The highest BCUT2D eigenvalue weighted by Crippen LogP contribution is 2.43. The maximum absolute atomic E-state index is 12.8. The van der Waals surface area contributed by atoms with Gasteiger partial charge in [-0.05, 0) is 44.9 Å². The van der Waals surface area contributed by atoms with E-state index in [1.165, 1.54) is 96.3 Å². The van der Waals surface area contributed by atoms with Gasteiger partial charge in [0.15, 0.2) is 0 Å². The maximum Gasteiger partial charge on any atom is 0.472 e. The zero-order valence-corrected chi connectivity index (χ0v) is 35.5. The number of aliphatic hydroxyl groups is 2. The highest BCUT2D eigenvalue weighted by molar-refractivity contribution is 7.47. The van der Waals surface area contributed by atoms with Crippen molar-refractivity contribution in [2.75, 3.05) is 40.9 Å². The lowest BCUT2D eigenvalue weighted by atomic mass is 10.0. The van der Waals surface area contributed by atoms with Gasteiger partial charge in [0.05, 0.1) is 46.0 Å². The number of hydrogen-bond donors (Lipinski definition) is 4. The number of likely N-dealkylation sites (N-methyl/N-ethyl adjacent to an activating group) is 1. The first kappa shape index (κ1) is 51.4. The van der Waals surface area contributed by atoms with Gasteiger partial charge in [0.25, 0.3) is 0 Å². The Bertz CT molecular complexity index is 1020. The van der Waals surface area contributed by atoms with Gasteiger partial charge in [-0.3, -0.25) is 13.8 Å². The molecule has 0 aliphatic heterocycles. The van der Waals surface area contributed by atoms with Gasteiger partial charge >= 0.3 is 7.82 Å². The minimum Gasteiger partial charge on any atom is -0.389 e. The Morgan fingerprint density at radius 3 is 1.81 bits per heavy atom. The van der Waals surface area contributed by atoms with E-state index in [4.69, 9.17) is 9.05 Å². The minimum atomic E-state index is -4.39. The number of hydrogen-bond acceptors (Lipinski definition) is 6. The summed E-state index contributed by atoms with van der Waals surface area (Å²) in [4.78, 5) is 23.1. The van der Waals surface area contributed by atoms with E-state index in [1.54, 1.807) is 12.2 Å². The number of rotatable bonds is 37. The highest BCUT2D eigenvalue weighted by atomic mass is 31.2. The molecule has 0 bridgehead atoms. The molecule has 9 nitrogen and oxygen atoms in total. The molecule has 0 rings (SSSR count). The fourth-order valence-corrected chi connectivity index (χ4v) is 6.43. The van der Waals surface area contributed by atoms with E-state index in [-0.39, 0.29) is 25.5 Å². The molecule has 10 heteroatoms. The van der Waals surface area contributed by atoms with Crippen LogP contribution in [0.15, 0.2) is 48.6 Å². The number of nitrogens with one attached hydrogen (secondary N) is 1. The number of amides is 1. The van der Waals surface area contributed by atoms with Crippen LogP contribution in [0.3, 0.4) is 0 Å². The summed E-state index contributed by atoms with van der Waals surface area (Å²) >= 11 is 0. The molecule has 0 aromatic carbocycles. The van der Waals surface area contributed by atoms with Crippen LogP contribution in [-0.2, 0) is 18.4 Å². The van der Waals surface area contributed by atoms with Crippen molar-refractivity contribution in [1.82, 2.24) is 5.32 Å². The van der Waals surface area contributed by atoms with Crippen LogP contribution in [0.4, 0.5) is 0 Å². The number of aliphatic hydroxyl groups excluding tert-OH is 2. The second-order valence-electron chi connectivity index (χ2n) is 15.6. The molecule has 0 aromatic heterocycles. The number of allylic oxidation sites excluding steroid dienone is 6. The molecule has 53 heavy (non-hydrogen) atoms. The normalized spacial score (nSPS) is 15.5. The zero-order chi connectivity index (χ0) is 39.5. The zero-order valence-electron chi connectivity index (χ0n) is 34.6. The van der Waals surface area contributed by atoms with Crippen molar-refractivity contribution in [3.63, 3.8) is 0 Å². The minimum absolute atomic E-state index is 0.0264. The SMILES string of the molecule is CCCCCCCC/C=C/C/C=C/C=C/C(O)CCCC(=O)N[C@@H](COP(=O)(O)OCC[N+](C)(C)C)[C@H](O)/C=C/CCCCCCCCCCCCC. The van der Waals surface area contributed by atoms with E-state index in [0.717, 1.165) is 32.1 Å². The lowest BCUT2D eigenvalue weighted by molar-refractivity contribution is -0.870. The number of unbranched alkanes of at least 4 members (excludes halogenated alkanes) is 17. The first-order valence-electron chi connectivity index (χ1n) is 21.1. The average molecular weight is 770 g/mol. The summed E-state index contributed by atoms with van der Waals surface area (Å²) < 4.78 is 23.4. The number of quaternary nitrogens is 1. The van der Waals surface area contributed by atoms with Gasteiger partial charge in [0.2, 0.25) is 5.91 Å². The van der Waals surface area contributed by atoms with Crippen molar-refractivity contribution < 1.29 is 38.0 Å². The van der Waals surface area contributed by atoms with Gasteiger partial charge in [0, 0.05) is 6.42 Å². The van der Waals surface area contributed by atoms with Gasteiger partial charge in [-0.15, -0.1) is 0 Å². The van der Waals surface area contributed by atoms with Gasteiger partial charge < -0.3 is 24.9 Å². The third-order valence-electron chi connectivity index (χ3n) is 9.15.